The standard InChI is InChI=1S/C28H29Cl2N3O2/c1-21(34)33-16-8-15-31(19-22-9-3-2-4-10-22)17-18-32(20-23-11-5-6-14-26(23)33)28(35)27-24(29)12-7-13-25(27)30/h2-7,9-14H,8,15-20H2,1H3. The summed E-state index contributed by atoms with van der Waals surface area (Å²) in [4.78, 5) is 32.3. The van der Waals surface area contributed by atoms with Crippen LogP contribution in [0.1, 0.15) is 34.8 Å². The van der Waals surface area contributed by atoms with E-state index in [-0.39, 0.29) is 11.8 Å². The van der Waals surface area contributed by atoms with E-state index in [1.165, 1.54) is 5.56 Å². The van der Waals surface area contributed by atoms with Crippen molar-refractivity contribution in [2.24, 2.45) is 0 Å². The third kappa shape index (κ3) is 6.23. The van der Waals surface area contributed by atoms with Gasteiger partial charge in [0.1, 0.15) is 0 Å². The number of amides is 2. The summed E-state index contributed by atoms with van der Waals surface area (Å²) in [6.45, 7) is 5.30. The van der Waals surface area contributed by atoms with Crippen LogP contribution in [0.25, 0.3) is 0 Å². The summed E-state index contributed by atoms with van der Waals surface area (Å²) < 4.78 is 0. The molecule has 4 rings (SSSR count). The van der Waals surface area contributed by atoms with Crippen molar-refractivity contribution < 1.29 is 9.59 Å². The van der Waals surface area contributed by atoms with Crippen LogP contribution < -0.4 is 4.90 Å². The number of para-hydroxylation sites is 1. The molecule has 7 heteroatoms. The molecule has 0 aliphatic carbocycles. The number of fused-ring (bicyclic) bond motifs is 1. The van der Waals surface area contributed by atoms with Gasteiger partial charge in [0.15, 0.2) is 0 Å². The van der Waals surface area contributed by atoms with Gasteiger partial charge >= 0.3 is 0 Å². The molecule has 0 saturated carbocycles. The summed E-state index contributed by atoms with van der Waals surface area (Å²) in [6.07, 6.45) is 0.824. The molecular formula is C28H29Cl2N3O2. The molecule has 0 saturated heterocycles. The van der Waals surface area contributed by atoms with Gasteiger partial charge in [0.2, 0.25) is 5.91 Å². The lowest BCUT2D eigenvalue weighted by Crippen LogP contribution is -2.38. The summed E-state index contributed by atoms with van der Waals surface area (Å²) in [6, 6.07) is 23.2. The van der Waals surface area contributed by atoms with E-state index in [0.29, 0.717) is 41.8 Å². The number of hydrogen-bond acceptors (Lipinski definition) is 3. The average Bonchev–Trinajstić information content (AvgIpc) is 2.87. The molecular weight excluding hydrogens is 481 g/mol. The number of nitrogens with zero attached hydrogens (tertiary/aromatic N) is 3. The number of benzene rings is 3. The molecule has 1 aliphatic heterocycles. The van der Waals surface area contributed by atoms with Gasteiger partial charge in [-0.25, -0.2) is 0 Å². The maximum absolute atomic E-state index is 13.7. The number of carbonyl (C=O) groups excluding carboxylic acids is 2. The van der Waals surface area contributed by atoms with Gasteiger partial charge in [-0.3, -0.25) is 14.5 Å². The second kappa shape index (κ2) is 11.7. The third-order valence-electron chi connectivity index (χ3n) is 6.28. The lowest BCUT2D eigenvalue weighted by Gasteiger charge is -2.28. The molecule has 0 fully saturated rings. The lowest BCUT2D eigenvalue weighted by molar-refractivity contribution is -0.116. The van der Waals surface area contributed by atoms with E-state index >= 15 is 0 Å². The highest BCUT2D eigenvalue weighted by molar-refractivity contribution is 6.39. The first-order valence-corrected chi connectivity index (χ1v) is 12.5. The van der Waals surface area contributed by atoms with E-state index < -0.39 is 0 Å². The molecule has 2 amide bonds. The molecule has 1 aliphatic rings. The zero-order valence-corrected chi connectivity index (χ0v) is 21.3. The SMILES string of the molecule is CC(=O)N1CCCN(Cc2ccccc2)CCN(C(=O)c2c(Cl)cccc2Cl)Cc2ccccc21. The maximum Gasteiger partial charge on any atom is 0.257 e. The molecule has 3 aromatic rings. The second-order valence-electron chi connectivity index (χ2n) is 8.74. The van der Waals surface area contributed by atoms with Crippen molar-refractivity contribution in [1.29, 1.82) is 0 Å². The molecule has 0 unspecified atom stereocenters. The summed E-state index contributed by atoms with van der Waals surface area (Å²) in [7, 11) is 0. The van der Waals surface area contributed by atoms with Crippen LogP contribution in [0.2, 0.25) is 10.0 Å². The van der Waals surface area contributed by atoms with Crippen molar-refractivity contribution in [3.63, 3.8) is 0 Å². The van der Waals surface area contributed by atoms with Crippen molar-refractivity contribution in [3.05, 3.63) is 99.5 Å². The Kier molecular flexibility index (Phi) is 8.45. The van der Waals surface area contributed by atoms with E-state index in [0.717, 1.165) is 30.8 Å². The van der Waals surface area contributed by atoms with Crippen molar-refractivity contribution >= 4 is 40.7 Å². The first-order chi connectivity index (χ1) is 16.9. The molecule has 5 nitrogen and oxygen atoms in total. The van der Waals surface area contributed by atoms with Crippen molar-refractivity contribution in [1.82, 2.24) is 9.80 Å². The molecule has 0 radical (unpaired) electrons. The fraction of sp³-hybridized carbons (Fsp3) is 0.286. The van der Waals surface area contributed by atoms with Crippen LogP contribution in [0.4, 0.5) is 5.69 Å². The Hall–Kier alpha value is -2.86. The number of carbonyl (C=O) groups is 2. The van der Waals surface area contributed by atoms with Crippen LogP contribution in [0.5, 0.6) is 0 Å². The average molecular weight is 510 g/mol. The molecule has 0 aromatic heterocycles. The maximum atomic E-state index is 13.7. The van der Waals surface area contributed by atoms with Crippen LogP contribution in [-0.4, -0.2) is 47.8 Å². The zero-order valence-electron chi connectivity index (χ0n) is 19.8. The molecule has 0 atom stereocenters. The van der Waals surface area contributed by atoms with E-state index in [4.69, 9.17) is 23.2 Å². The number of rotatable bonds is 3. The Balaban J connectivity index is 1.70. The summed E-state index contributed by atoms with van der Waals surface area (Å²) in [5.74, 6) is -0.234. The minimum absolute atomic E-state index is 0.0154. The molecule has 35 heavy (non-hydrogen) atoms. The van der Waals surface area contributed by atoms with E-state index in [2.05, 4.69) is 17.0 Å². The quantitative estimate of drug-likeness (QED) is 0.441. The van der Waals surface area contributed by atoms with Gasteiger partial charge in [0.05, 0.1) is 15.6 Å². The van der Waals surface area contributed by atoms with Gasteiger partial charge in [-0.1, -0.05) is 77.8 Å². The van der Waals surface area contributed by atoms with Crippen LogP contribution in [0.3, 0.4) is 0 Å². The summed E-state index contributed by atoms with van der Waals surface area (Å²) in [5, 5.41) is 0.660. The lowest BCUT2D eigenvalue weighted by atomic mass is 10.1. The fourth-order valence-electron chi connectivity index (χ4n) is 4.50. The van der Waals surface area contributed by atoms with E-state index in [1.807, 2.05) is 47.4 Å². The monoisotopic (exact) mass is 509 g/mol. The van der Waals surface area contributed by atoms with Gasteiger partial charge in [-0.05, 0) is 35.7 Å². The van der Waals surface area contributed by atoms with Gasteiger partial charge in [-0.15, -0.1) is 0 Å². The summed E-state index contributed by atoms with van der Waals surface area (Å²) >= 11 is 12.8. The van der Waals surface area contributed by atoms with Crippen LogP contribution in [-0.2, 0) is 17.9 Å². The Bertz CT molecular complexity index is 1170. The third-order valence-corrected chi connectivity index (χ3v) is 6.91. The highest BCUT2D eigenvalue weighted by Gasteiger charge is 2.25. The highest BCUT2D eigenvalue weighted by atomic mass is 35.5. The Morgan fingerprint density at radius 3 is 2.20 bits per heavy atom. The normalized spacial score (nSPS) is 15.3. The first kappa shape index (κ1) is 25.2. The molecule has 3 aromatic carbocycles. The second-order valence-corrected chi connectivity index (χ2v) is 9.55. The van der Waals surface area contributed by atoms with Gasteiger partial charge < -0.3 is 9.80 Å². The topological polar surface area (TPSA) is 43.9 Å². The van der Waals surface area contributed by atoms with Crippen molar-refractivity contribution in [2.45, 2.75) is 26.4 Å². The highest BCUT2D eigenvalue weighted by Crippen LogP contribution is 2.28. The largest absolute Gasteiger partial charge is 0.333 e. The summed E-state index contributed by atoms with van der Waals surface area (Å²) in [5.41, 5.74) is 3.26. The first-order valence-electron chi connectivity index (χ1n) is 11.8. The van der Waals surface area contributed by atoms with E-state index in [9.17, 15) is 9.59 Å². The zero-order chi connectivity index (χ0) is 24.8. The predicted molar refractivity (Wildman–Crippen MR) is 142 cm³/mol. The number of anilines is 1. The molecule has 182 valence electrons. The van der Waals surface area contributed by atoms with Crippen molar-refractivity contribution in [2.75, 3.05) is 31.1 Å². The van der Waals surface area contributed by atoms with Crippen LogP contribution in [0, 0.1) is 0 Å². The Morgan fingerprint density at radius 2 is 1.49 bits per heavy atom. The number of hydrogen-bond donors (Lipinski definition) is 0. The molecule has 0 N–H and O–H groups in total. The van der Waals surface area contributed by atoms with Crippen LogP contribution in [0.15, 0.2) is 72.8 Å². The van der Waals surface area contributed by atoms with Gasteiger partial charge in [0.25, 0.3) is 5.91 Å². The van der Waals surface area contributed by atoms with Crippen LogP contribution >= 0.6 is 23.2 Å². The smallest absolute Gasteiger partial charge is 0.257 e. The van der Waals surface area contributed by atoms with Gasteiger partial charge in [-0.2, -0.15) is 0 Å². The van der Waals surface area contributed by atoms with Crippen molar-refractivity contribution in [3.8, 4) is 0 Å². The Labute approximate surface area is 216 Å². The minimum Gasteiger partial charge on any atom is -0.333 e. The molecule has 0 spiro atoms. The molecule has 1 heterocycles. The fourth-order valence-corrected chi connectivity index (χ4v) is 5.06. The number of halogens is 2. The predicted octanol–water partition coefficient (Wildman–Crippen LogP) is 5.89. The van der Waals surface area contributed by atoms with E-state index in [1.54, 1.807) is 30.0 Å². The molecule has 0 bridgehead atoms. The Morgan fingerprint density at radius 1 is 0.800 bits per heavy atom. The minimum atomic E-state index is -0.219. The van der Waals surface area contributed by atoms with Gasteiger partial charge in [0, 0.05) is 51.9 Å².